The van der Waals surface area contributed by atoms with Gasteiger partial charge in [0.15, 0.2) is 0 Å². The maximum Gasteiger partial charge on any atom is 0.0221 e. The Labute approximate surface area is 107 Å². The molecule has 17 heavy (non-hydrogen) atoms. The fraction of sp³-hybridized carbons (Fsp3) is 1.00. The third kappa shape index (κ3) is 3.23. The minimum Gasteiger partial charge on any atom is -0.311 e. The lowest BCUT2D eigenvalue weighted by Crippen LogP contribution is -2.57. The second-order valence-corrected chi connectivity index (χ2v) is 6.46. The molecule has 2 heteroatoms. The Bertz CT molecular complexity index is 239. The third-order valence-corrected chi connectivity index (χ3v) is 4.61. The fourth-order valence-electron chi connectivity index (χ4n) is 3.48. The Morgan fingerprint density at radius 2 is 2.00 bits per heavy atom. The van der Waals surface area contributed by atoms with Gasteiger partial charge in [-0.2, -0.15) is 0 Å². The van der Waals surface area contributed by atoms with Crippen LogP contribution in [0.3, 0.4) is 0 Å². The van der Waals surface area contributed by atoms with Crippen LogP contribution in [0.15, 0.2) is 0 Å². The zero-order valence-electron chi connectivity index (χ0n) is 12.1. The lowest BCUT2D eigenvalue weighted by atomic mass is 9.98. The molecular weight excluding hydrogens is 208 g/mol. The first kappa shape index (κ1) is 13.4. The van der Waals surface area contributed by atoms with E-state index in [-0.39, 0.29) is 0 Å². The number of hydrogen-bond donors (Lipinski definition) is 1. The summed E-state index contributed by atoms with van der Waals surface area (Å²) in [6.07, 6.45) is 5.46. The van der Waals surface area contributed by atoms with Crippen LogP contribution in [0.5, 0.6) is 0 Å². The number of rotatable bonds is 5. The molecule has 1 heterocycles. The molecule has 1 aliphatic carbocycles. The van der Waals surface area contributed by atoms with E-state index in [1.807, 2.05) is 0 Å². The van der Waals surface area contributed by atoms with Crippen molar-refractivity contribution in [2.75, 3.05) is 13.1 Å². The van der Waals surface area contributed by atoms with Crippen LogP contribution in [0.4, 0.5) is 0 Å². The van der Waals surface area contributed by atoms with Gasteiger partial charge in [0.25, 0.3) is 0 Å². The van der Waals surface area contributed by atoms with Crippen LogP contribution >= 0.6 is 0 Å². The van der Waals surface area contributed by atoms with Crippen molar-refractivity contribution in [3.05, 3.63) is 0 Å². The summed E-state index contributed by atoms with van der Waals surface area (Å²) in [4.78, 5) is 2.83. The van der Waals surface area contributed by atoms with Crippen LogP contribution in [0.2, 0.25) is 0 Å². The maximum atomic E-state index is 3.76. The highest BCUT2D eigenvalue weighted by Crippen LogP contribution is 2.40. The van der Waals surface area contributed by atoms with Gasteiger partial charge in [0.05, 0.1) is 0 Å². The van der Waals surface area contributed by atoms with E-state index in [2.05, 4.69) is 37.9 Å². The maximum absolute atomic E-state index is 3.76. The van der Waals surface area contributed by atoms with E-state index in [0.29, 0.717) is 0 Å². The van der Waals surface area contributed by atoms with E-state index in [9.17, 15) is 0 Å². The van der Waals surface area contributed by atoms with Gasteiger partial charge < -0.3 is 5.32 Å². The van der Waals surface area contributed by atoms with Gasteiger partial charge in [-0.1, -0.05) is 34.1 Å². The first-order valence-corrected chi connectivity index (χ1v) is 7.64. The molecule has 1 saturated carbocycles. The van der Waals surface area contributed by atoms with Gasteiger partial charge in [-0.3, -0.25) is 4.90 Å². The Hall–Kier alpha value is -0.0800. The number of nitrogens with zero attached hydrogens (tertiary/aromatic N) is 1. The minimum atomic E-state index is 0.732. The first-order valence-electron chi connectivity index (χ1n) is 7.64. The van der Waals surface area contributed by atoms with Gasteiger partial charge in [0.2, 0.25) is 0 Å². The number of hydrogen-bond acceptors (Lipinski definition) is 2. The summed E-state index contributed by atoms with van der Waals surface area (Å²) in [6.45, 7) is 11.9. The molecule has 0 aromatic rings. The van der Waals surface area contributed by atoms with Crippen molar-refractivity contribution >= 4 is 0 Å². The van der Waals surface area contributed by atoms with Gasteiger partial charge >= 0.3 is 0 Å². The molecular formula is C15H30N2. The van der Waals surface area contributed by atoms with Crippen LogP contribution in [0.1, 0.15) is 53.4 Å². The smallest absolute Gasteiger partial charge is 0.0221 e. The quantitative estimate of drug-likeness (QED) is 0.792. The molecule has 0 aromatic carbocycles. The zero-order valence-corrected chi connectivity index (χ0v) is 12.1. The number of nitrogens with one attached hydrogen (secondary N) is 1. The molecule has 2 rings (SSSR count). The molecule has 1 aliphatic heterocycles. The van der Waals surface area contributed by atoms with E-state index in [0.717, 1.165) is 30.0 Å². The molecule has 4 unspecified atom stereocenters. The summed E-state index contributed by atoms with van der Waals surface area (Å²) in [7, 11) is 0. The van der Waals surface area contributed by atoms with Gasteiger partial charge in [-0.15, -0.1) is 0 Å². The normalized spacial score (nSPS) is 38.6. The molecule has 0 spiro atoms. The molecule has 4 atom stereocenters. The minimum absolute atomic E-state index is 0.732. The van der Waals surface area contributed by atoms with Crippen molar-refractivity contribution in [2.24, 2.45) is 11.8 Å². The molecule has 1 saturated heterocycles. The summed E-state index contributed by atoms with van der Waals surface area (Å²) in [5, 5.41) is 3.76. The van der Waals surface area contributed by atoms with Crippen LogP contribution in [-0.2, 0) is 0 Å². The van der Waals surface area contributed by atoms with Crippen molar-refractivity contribution in [1.29, 1.82) is 0 Å². The van der Waals surface area contributed by atoms with Gasteiger partial charge in [0.1, 0.15) is 0 Å². The standard InChI is InChI=1S/C15H30N2/c1-5-12-8-15(12)17-10-13(7-11(3)4)16-9-14(17)6-2/h11-16H,5-10H2,1-4H3. The summed E-state index contributed by atoms with van der Waals surface area (Å²) in [5.41, 5.74) is 0. The van der Waals surface area contributed by atoms with E-state index >= 15 is 0 Å². The molecule has 2 fully saturated rings. The lowest BCUT2D eigenvalue weighted by Gasteiger charge is -2.41. The molecule has 2 aliphatic rings. The molecule has 0 bridgehead atoms. The van der Waals surface area contributed by atoms with Crippen molar-refractivity contribution in [3.8, 4) is 0 Å². The van der Waals surface area contributed by atoms with Crippen molar-refractivity contribution < 1.29 is 0 Å². The Kier molecular flexibility index (Phi) is 4.48. The fourth-order valence-corrected chi connectivity index (χ4v) is 3.48. The SMILES string of the molecule is CCC1CC1N1CC(CC(C)C)NCC1CC. The van der Waals surface area contributed by atoms with Gasteiger partial charge in [-0.05, 0) is 31.1 Å². The lowest BCUT2D eigenvalue weighted by molar-refractivity contribution is 0.105. The predicted molar refractivity (Wildman–Crippen MR) is 74.2 cm³/mol. The van der Waals surface area contributed by atoms with Crippen LogP contribution in [0, 0.1) is 11.8 Å². The topological polar surface area (TPSA) is 15.3 Å². The van der Waals surface area contributed by atoms with E-state index in [1.54, 1.807) is 0 Å². The van der Waals surface area contributed by atoms with Crippen LogP contribution in [0.25, 0.3) is 0 Å². The first-order chi connectivity index (χ1) is 8.15. The van der Waals surface area contributed by atoms with E-state index in [1.165, 1.54) is 38.8 Å². The van der Waals surface area contributed by atoms with E-state index in [4.69, 9.17) is 0 Å². The Morgan fingerprint density at radius 1 is 1.24 bits per heavy atom. The van der Waals surface area contributed by atoms with E-state index < -0.39 is 0 Å². The summed E-state index contributed by atoms with van der Waals surface area (Å²) in [6, 6.07) is 2.44. The highest BCUT2D eigenvalue weighted by molar-refractivity contribution is 5.00. The molecule has 0 aromatic heterocycles. The largest absolute Gasteiger partial charge is 0.311 e. The van der Waals surface area contributed by atoms with Crippen molar-refractivity contribution in [1.82, 2.24) is 10.2 Å². The molecule has 0 amide bonds. The van der Waals surface area contributed by atoms with Crippen molar-refractivity contribution in [2.45, 2.75) is 71.5 Å². The third-order valence-electron chi connectivity index (χ3n) is 4.61. The highest BCUT2D eigenvalue weighted by Gasteiger charge is 2.44. The Balaban J connectivity index is 1.90. The van der Waals surface area contributed by atoms with Crippen molar-refractivity contribution in [3.63, 3.8) is 0 Å². The number of piperazine rings is 1. The monoisotopic (exact) mass is 238 g/mol. The molecule has 100 valence electrons. The average molecular weight is 238 g/mol. The van der Waals surface area contributed by atoms with Gasteiger partial charge in [0, 0.05) is 31.2 Å². The Morgan fingerprint density at radius 3 is 2.53 bits per heavy atom. The summed E-state index contributed by atoms with van der Waals surface area (Å²) >= 11 is 0. The van der Waals surface area contributed by atoms with Crippen LogP contribution in [-0.4, -0.2) is 36.1 Å². The van der Waals surface area contributed by atoms with Gasteiger partial charge in [-0.25, -0.2) is 0 Å². The predicted octanol–water partition coefficient (Wildman–Crippen LogP) is 2.88. The average Bonchev–Trinajstić information content (AvgIpc) is 3.07. The second kappa shape index (κ2) is 5.71. The summed E-state index contributed by atoms with van der Waals surface area (Å²) < 4.78 is 0. The molecule has 0 radical (unpaired) electrons. The highest BCUT2D eigenvalue weighted by atomic mass is 15.3. The van der Waals surface area contributed by atoms with Crippen LogP contribution < -0.4 is 5.32 Å². The molecule has 1 N–H and O–H groups in total. The molecule has 2 nitrogen and oxygen atoms in total. The summed E-state index contributed by atoms with van der Waals surface area (Å²) in [5.74, 6) is 1.82. The zero-order chi connectivity index (χ0) is 12.4. The second-order valence-electron chi connectivity index (χ2n) is 6.46.